The van der Waals surface area contributed by atoms with E-state index in [4.69, 9.17) is 0 Å². The molecular formula is C14H15NO3S. The Morgan fingerprint density at radius 2 is 1.53 bits per heavy atom. The summed E-state index contributed by atoms with van der Waals surface area (Å²) >= 11 is 0. The minimum Gasteiger partial charge on any atom is -0.507 e. The van der Waals surface area contributed by atoms with Crippen LogP contribution in [-0.4, -0.2) is 13.5 Å². The Kier molecular flexibility index (Phi) is 3.48. The lowest BCUT2D eigenvalue weighted by Gasteiger charge is -2.13. The minimum atomic E-state index is -3.79. The highest BCUT2D eigenvalue weighted by Gasteiger charge is 2.19. The molecule has 0 atom stereocenters. The summed E-state index contributed by atoms with van der Waals surface area (Å²) in [5, 5.41) is 9.64. The highest BCUT2D eigenvalue weighted by Crippen LogP contribution is 2.27. The van der Waals surface area contributed by atoms with Gasteiger partial charge in [-0.3, -0.25) is 4.72 Å². The normalized spacial score (nSPS) is 11.3. The third-order valence-electron chi connectivity index (χ3n) is 2.87. The van der Waals surface area contributed by atoms with Gasteiger partial charge in [-0.2, -0.15) is 0 Å². The number of anilines is 1. The number of hydrogen-bond acceptors (Lipinski definition) is 3. The molecule has 0 bridgehead atoms. The number of phenolic OH excluding ortho intramolecular Hbond substituents is 1. The van der Waals surface area contributed by atoms with E-state index in [1.807, 2.05) is 32.0 Å². The van der Waals surface area contributed by atoms with Gasteiger partial charge in [0, 0.05) is 0 Å². The second-order valence-electron chi connectivity index (χ2n) is 4.34. The van der Waals surface area contributed by atoms with Crippen LogP contribution in [0.1, 0.15) is 11.1 Å². The second kappa shape index (κ2) is 4.93. The maximum atomic E-state index is 12.3. The number of sulfonamides is 1. The fraction of sp³-hybridized carbons (Fsp3) is 0.143. The van der Waals surface area contributed by atoms with Gasteiger partial charge in [0.1, 0.15) is 10.6 Å². The highest BCUT2D eigenvalue weighted by atomic mass is 32.2. The largest absolute Gasteiger partial charge is 0.507 e. The lowest BCUT2D eigenvalue weighted by molar-refractivity contribution is 0.459. The molecule has 0 spiro atoms. The van der Waals surface area contributed by atoms with Crippen molar-refractivity contribution in [2.75, 3.05) is 4.72 Å². The Morgan fingerprint density at radius 3 is 2.11 bits per heavy atom. The van der Waals surface area contributed by atoms with Crippen molar-refractivity contribution in [2.45, 2.75) is 18.7 Å². The Labute approximate surface area is 112 Å². The van der Waals surface area contributed by atoms with Crippen LogP contribution in [-0.2, 0) is 10.0 Å². The van der Waals surface area contributed by atoms with Gasteiger partial charge in [0.25, 0.3) is 10.0 Å². The average molecular weight is 277 g/mol. The van der Waals surface area contributed by atoms with Gasteiger partial charge in [-0.1, -0.05) is 30.3 Å². The van der Waals surface area contributed by atoms with Crippen LogP contribution in [0, 0.1) is 13.8 Å². The number of phenols is 1. The number of para-hydroxylation sites is 2. The predicted octanol–water partition coefficient (Wildman–Crippen LogP) is 2.81. The quantitative estimate of drug-likeness (QED) is 0.906. The summed E-state index contributed by atoms with van der Waals surface area (Å²) in [6.07, 6.45) is 0. The summed E-state index contributed by atoms with van der Waals surface area (Å²) in [6, 6.07) is 11.4. The zero-order valence-corrected chi connectivity index (χ0v) is 11.5. The average Bonchev–Trinajstić information content (AvgIpc) is 2.34. The molecule has 100 valence electrons. The number of nitrogens with one attached hydrogen (secondary N) is 1. The molecular weight excluding hydrogens is 262 g/mol. The van der Waals surface area contributed by atoms with E-state index < -0.39 is 10.0 Å². The van der Waals surface area contributed by atoms with Gasteiger partial charge in [-0.05, 0) is 37.1 Å². The second-order valence-corrected chi connectivity index (χ2v) is 5.99. The summed E-state index contributed by atoms with van der Waals surface area (Å²) in [6.45, 7) is 3.66. The van der Waals surface area contributed by atoms with Crippen LogP contribution in [0.3, 0.4) is 0 Å². The molecule has 2 aromatic rings. The molecule has 0 saturated carbocycles. The van der Waals surface area contributed by atoms with Crippen LogP contribution in [0.5, 0.6) is 5.75 Å². The summed E-state index contributed by atoms with van der Waals surface area (Å²) < 4.78 is 27.0. The van der Waals surface area contributed by atoms with Crippen molar-refractivity contribution in [3.05, 3.63) is 53.6 Å². The van der Waals surface area contributed by atoms with Gasteiger partial charge in [-0.25, -0.2) is 8.42 Å². The molecule has 0 aliphatic heterocycles. The smallest absolute Gasteiger partial charge is 0.265 e. The fourth-order valence-corrected chi connectivity index (χ4v) is 3.15. The third kappa shape index (κ3) is 2.71. The number of benzene rings is 2. The predicted molar refractivity (Wildman–Crippen MR) is 74.8 cm³/mol. The molecule has 2 rings (SSSR count). The molecule has 2 aromatic carbocycles. The van der Waals surface area contributed by atoms with E-state index >= 15 is 0 Å². The lowest BCUT2D eigenvalue weighted by atomic mass is 10.1. The van der Waals surface area contributed by atoms with E-state index in [1.165, 1.54) is 12.1 Å². The van der Waals surface area contributed by atoms with E-state index in [-0.39, 0.29) is 10.6 Å². The molecule has 0 fully saturated rings. The SMILES string of the molecule is Cc1cccc(C)c1NS(=O)(=O)c1ccccc1O. The molecule has 4 nitrogen and oxygen atoms in total. The van der Waals surface area contributed by atoms with Gasteiger partial charge in [0.15, 0.2) is 0 Å². The summed E-state index contributed by atoms with van der Waals surface area (Å²) in [4.78, 5) is -0.127. The van der Waals surface area contributed by atoms with Gasteiger partial charge in [0.2, 0.25) is 0 Å². The van der Waals surface area contributed by atoms with Crippen LogP contribution in [0.25, 0.3) is 0 Å². The van der Waals surface area contributed by atoms with Crippen molar-refractivity contribution >= 4 is 15.7 Å². The van der Waals surface area contributed by atoms with E-state index in [0.717, 1.165) is 11.1 Å². The Morgan fingerprint density at radius 1 is 0.947 bits per heavy atom. The molecule has 0 amide bonds. The molecule has 0 unspecified atom stereocenters. The summed E-state index contributed by atoms with van der Waals surface area (Å²) in [7, 11) is -3.79. The van der Waals surface area contributed by atoms with Gasteiger partial charge in [0.05, 0.1) is 5.69 Å². The molecule has 0 saturated heterocycles. The van der Waals surface area contributed by atoms with Crippen molar-refractivity contribution < 1.29 is 13.5 Å². The van der Waals surface area contributed by atoms with Crippen molar-refractivity contribution in [1.82, 2.24) is 0 Å². The molecule has 5 heteroatoms. The van der Waals surface area contributed by atoms with Gasteiger partial charge in [-0.15, -0.1) is 0 Å². The van der Waals surface area contributed by atoms with Gasteiger partial charge >= 0.3 is 0 Å². The van der Waals surface area contributed by atoms with Crippen LogP contribution in [0.4, 0.5) is 5.69 Å². The molecule has 19 heavy (non-hydrogen) atoms. The summed E-state index contributed by atoms with van der Waals surface area (Å²) in [5.74, 6) is -0.263. The van der Waals surface area contributed by atoms with E-state index in [9.17, 15) is 13.5 Å². The molecule has 0 aliphatic carbocycles. The molecule has 0 radical (unpaired) electrons. The van der Waals surface area contributed by atoms with Crippen LogP contribution < -0.4 is 4.72 Å². The standard InChI is InChI=1S/C14H15NO3S/c1-10-6-5-7-11(2)14(10)15-19(17,18)13-9-4-3-8-12(13)16/h3-9,15-16H,1-2H3. The fourth-order valence-electron chi connectivity index (χ4n) is 1.85. The van der Waals surface area contributed by atoms with E-state index in [0.29, 0.717) is 5.69 Å². The molecule has 0 heterocycles. The number of aromatic hydroxyl groups is 1. The summed E-state index contributed by atoms with van der Waals surface area (Å²) in [5.41, 5.74) is 2.21. The first-order chi connectivity index (χ1) is 8.92. The van der Waals surface area contributed by atoms with E-state index in [1.54, 1.807) is 12.1 Å². The molecule has 0 aliphatic rings. The number of hydrogen-bond donors (Lipinski definition) is 2. The van der Waals surface area contributed by atoms with Gasteiger partial charge < -0.3 is 5.11 Å². The third-order valence-corrected chi connectivity index (χ3v) is 4.27. The first kappa shape index (κ1) is 13.4. The number of rotatable bonds is 3. The van der Waals surface area contributed by atoms with Crippen LogP contribution in [0.2, 0.25) is 0 Å². The molecule has 0 aromatic heterocycles. The molecule has 2 N–H and O–H groups in total. The van der Waals surface area contributed by atoms with Crippen LogP contribution >= 0.6 is 0 Å². The van der Waals surface area contributed by atoms with Crippen molar-refractivity contribution in [1.29, 1.82) is 0 Å². The monoisotopic (exact) mass is 277 g/mol. The zero-order chi connectivity index (χ0) is 14.0. The minimum absolute atomic E-state index is 0.127. The topological polar surface area (TPSA) is 66.4 Å². The lowest BCUT2D eigenvalue weighted by Crippen LogP contribution is -2.14. The van der Waals surface area contributed by atoms with Crippen molar-refractivity contribution in [3.8, 4) is 5.75 Å². The van der Waals surface area contributed by atoms with Crippen LogP contribution in [0.15, 0.2) is 47.4 Å². The highest BCUT2D eigenvalue weighted by molar-refractivity contribution is 7.92. The number of aryl methyl sites for hydroxylation is 2. The Balaban J connectivity index is 2.46. The van der Waals surface area contributed by atoms with E-state index in [2.05, 4.69) is 4.72 Å². The Bertz CT molecular complexity index is 688. The van der Waals surface area contributed by atoms with Crippen molar-refractivity contribution in [3.63, 3.8) is 0 Å². The first-order valence-electron chi connectivity index (χ1n) is 5.79. The maximum absolute atomic E-state index is 12.3. The maximum Gasteiger partial charge on any atom is 0.265 e. The first-order valence-corrected chi connectivity index (χ1v) is 7.27. The van der Waals surface area contributed by atoms with Crippen molar-refractivity contribution in [2.24, 2.45) is 0 Å². The Hall–Kier alpha value is -2.01. The zero-order valence-electron chi connectivity index (χ0n) is 10.7.